The minimum atomic E-state index is -0.263. The lowest BCUT2D eigenvalue weighted by atomic mass is 10.2. The van der Waals surface area contributed by atoms with Crippen LogP contribution >= 0.6 is 23.2 Å². The molecule has 7 heteroatoms. The van der Waals surface area contributed by atoms with Crippen LogP contribution in [0.2, 0.25) is 10.0 Å². The quantitative estimate of drug-likeness (QED) is 0.870. The lowest BCUT2D eigenvalue weighted by molar-refractivity contribution is -0.118. The van der Waals surface area contributed by atoms with E-state index in [-0.39, 0.29) is 12.5 Å². The SMILES string of the molecule is O=C(COc1cccc(Cl)c1Cl)Nc1ccnn1C1CCCC1. The van der Waals surface area contributed by atoms with Crippen LogP contribution in [0.4, 0.5) is 5.82 Å². The van der Waals surface area contributed by atoms with Crippen LogP contribution in [0.3, 0.4) is 0 Å². The first-order valence-electron chi connectivity index (χ1n) is 7.55. The van der Waals surface area contributed by atoms with E-state index in [1.54, 1.807) is 30.5 Å². The van der Waals surface area contributed by atoms with Gasteiger partial charge < -0.3 is 10.1 Å². The van der Waals surface area contributed by atoms with Gasteiger partial charge in [-0.05, 0) is 25.0 Å². The van der Waals surface area contributed by atoms with Gasteiger partial charge in [-0.2, -0.15) is 5.10 Å². The van der Waals surface area contributed by atoms with Crippen molar-refractivity contribution in [3.05, 3.63) is 40.5 Å². The summed E-state index contributed by atoms with van der Waals surface area (Å²) in [5, 5.41) is 7.85. The number of carbonyl (C=O) groups is 1. The van der Waals surface area contributed by atoms with E-state index in [9.17, 15) is 4.79 Å². The summed E-state index contributed by atoms with van der Waals surface area (Å²) in [7, 11) is 0. The molecular formula is C16H17Cl2N3O2. The number of anilines is 1. The predicted octanol–water partition coefficient (Wildman–Crippen LogP) is 4.32. The number of hydrogen-bond acceptors (Lipinski definition) is 3. The van der Waals surface area contributed by atoms with Crippen LogP contribution in [0.1, 0.15) is 31.7 Å². The summed E-state index contributed by atoms with van der Waals surface area (Å²) < 4.78 is 7.32. The molecule has 1 aliphatic rings. The number of amides is 1. The van der Waals surface area contributed by atoms with Gasteiger partial charge in [0.15, 0.2) is 6.61 Å². The van der Waals surface area contributed by atoms with Gasteiger partial charge in [0, 0.05) is 6.07 Å². The van der Waals surface area contributed by atoms with Crippen LogP contribution in [-0.4, -0.2) is 22.3 Å². The highest BCUT2D eigenvalue weighted by Gasteiger charge is 2.20. The molecule has 0 saturated heterocycles. The topological polar surface area (TPSA) is 56.1 Å². The number of hydrogen-bond donors (Lipinski definition) is 1. The van der Waals surface area contributed by atoms with E-state index in [4.69, 9.17) is 27.9 Å². The molecule has 0 unspecified atom stereocenters. The molecule has 1 fully saturated rings. The largest absolute Gasteiger partial charge is 0.482 e. The molecule has 0 spiro atoms. The number of carbonyl (C=O) groups excluding carboxylic acids is 1. The van der Waals surface area contributed by atoms with Crippen molar-refractivity contribution in [2.75, 3.05) is 11.9 Å². The Balaban J connectivity index is 1.60. The molecule has 2 aromatic rings. The number of rotatable bonds is 5. The van der Waals surface area contributed by atoms with Crippen LogP contribution in [0, 0.1) is 0 Å². The van der Waals surface area contributed by atoms with Gasteiger partial charge in [-0.3, -0.25) is 4.79 Å². The van der Waals surface area contributed by atoms with Gasteiger partial charge in [0.1, 0.15) is 16.6 Å². The highest BCUT2D eigenvalue weighted by atomic mass is 35.5. The molecule has 1 aromatic carbocycles. The zero-order valence-electron chi connectivity index (χ0n) is 12.5. The Morgan fingerprint density at radius 2 is 2.09 bits per heavy atom. The number of halogens is 2. The maximum absolute atomic E-state index is 12.1. The summed E-state index contributed by atoms with van der Waals surface area (Å²) in [4.78, 5) is 12.1. The zero-order valence-corrected chi connectivity index (χ0v) is 14.0. The van der Waals surface area contributed by atoms with Crippen molar-refractivity contribution in [2.45, 2.75) is 31.7 Å². The number of nitrogens with one attached hydrogen (secondary N) is 1. The highest BCUT2D eigenvalue weighted by Crippen LogP contribution is 2.32. The number of nitrogens with zero attached hydrogens (tertiary/aromatic N) is 2. The summed E-state index contributed by atoms with van der Waals surface area (Å²) in [5.74, 6) is 0.821. The Morgan fingerprint density at radius 1 is 1.30 bits per heavy atom. The molecule has 0 atom stereocenters. The van der Waals surface area contributed by atoms with Crippen molar-refractivity contribution in [1.29, 1.82) is 0 Å². The fraction of sp³-hybridized carbons (Fsp3) is 0.375. The molecule has 5 nitrogen and oxygen atoms in total. The third-order valence-corrected chi connectivity index (χ3v) is 4.68. The molecule has 0 bridgehead atoms. The molecule has 1 aliphatic carbocycles. The molecular weight excluding hydrogens is 337 g/mol. The third-order valence-electron chi connectivity index (χ3n) is 3.88. The summed E-state index contributed by atoms with van der Waals surface area (Å²) in [6.45, 7) is -0.143. The molecule has 1 amide bonds. The molecule has 1 aromatic heterocycles. The van der Waals surface area contributed by atoms with Gasteiger partial charge in [-0.15, -0.1) is 0 Å². The maximum atomic E-state index is 12.1. The molecule has 0 aliphatic heterocycles. The lowest BCUT2D eigenvalue weighted by Crippen LogP contribution is -2.23. The van der Waals surface area contributed by atoms with E-state index < -0.39 is 0 Å². The summed E-state index contributed by atoms with van der Waals surface area (Å²) in [6.07, 6.45) is 6.30. The standard InChI is InChI=1S/C16H17Cl2N3O2/c17-12-6-3-7-13(16(12)18)23-10-15(22)20-14-8-9-19-21(14)11-4-1-2-5-11/h3,6-9,11H,1-2,4-5,10H2,(H,20,22). The Hall–Kier alpha value is -1.72. The second-order valence-corrected chi connectivity index (χ2v) is 6.27. The molecule has 1 N–H and O–H groups in total. The van der Waals surface area contributed by atoms with Crippen molar-refractivity contribution < 1.29 is 9.53 Å². The van der Waals surface area contributed by atoms with Crippen molar-refractivity contribution >= 4 is 34.9 Å². The van der Waals surface area contributed by atoms with Crippen LogP contribution < -0.4 is 10.1 Å². The average Bonchev–Trinajstić information content (AvgIpc) is 3.19. The Bertz CT molecular complexity index is 696. The van der Waals surface area contributed by atoms with Crippen molar-refractivity contribution in [2.24, 2.45) is 0 Å². The van der Waals surface area contributed by atoms with E-state index in [1.807, 2.05) is 4.68 Å². The van der Waals surface area contributed by atoms with Crippen molar-refractivity contribution in [1.82, 2.24) is 9.78 Å². The lowest BCUT2D eigenvalue weighted by Gasteiger charge is -2.15. The Morgan fingerprint density at radius 3 is 2.87 bits per heavy atom. The maximum Gasteiger partial charge on any atom is 0.263 e. The number of aromatic nitrogens is 2. The second kappa shape index (κ2) is 7.23. The van der Waals surface area contributed by atoms with Gasteiger partial charge in [0.05, 0.1) is 17.3 Å². The average molecular weight is 354 g/mol. The van der Waals surface area contributed by atoms with Crippen LogP contribution in [0.15, 0.2) is 30.5 Å². The smallest absolute Gasteiger partial charge is 0.263 e. The predicted molar refractivity (Wildman–Crippen MR) is 90.3 cm³/mol. The van der Waals surface area contributed by atoms with Crippen LogP contribution in [0.25, 0.3) is 0 Å². The first kappa shape index (κ1) is 16.1. The zero-order chi connectivity index (χ0) is 16.2. The van der Waals surface area contributed by atoms with E-state index >= 15 is 0 Å². The van der Waals surface area contributed by atoms with E-state index in [0.29, 0.717) is 27.7 Å². The molecule has 23 heavy (non-hydrogen) atoms. The second-order valence-electron chi connectivity index (χ2n) is 5.49. The summed E-state index contributed by atoms with van der Waals surface area (Å²) in [6, 6.07) is 7.21. The fourth-order valence-corrected chi connectivity index (χ4v) is 3.12. The third kappa shape index (κ3) is 3.79. The highest BCUT2D eigenvalue weighted by molar-refractivity contribution is 6.42. The van der Waals surface area contributed by atoms with Crippen LogP contribution in [-0.2, 0) is 4.79 Å². The van der Waals surface area contributed by atoms with E-state index in [0.717, 1.165) is 12.8 Å². The Kier molecular flexibility index (Phi) is 5.08. The minimum absolute atomic E-state index is 0.143. The van der Waals surface area contributed by atoms with Gasteiger partial charge >= 0.3 is 0 Å². The van der Waals surface area contributed by atoms with Gasteiger partial charge in [0.2, 0.25) is 0 Å². The van der Waals surface area contributed by atoms with Crippen molar-refractivity contribution in [3.8, 4) is 5.75 Å². The molecule has 1 saturated carbocycles. The minimum Gasteiger partial charge on any atom is -0.482 e. The molecule has 3 rings (SSSR count). The van der Waals surface area contributed by atoms with E-state index in [2.05, 4.69) is 10.4 Å². The monoisotopic (exact) mass is 353 g/mol. The first-order chi connectivity index (χ1) is 11.1. The number of ether oxygens (including phenoxy) is 1. The Labute approximate surface area is 144 Å². The van der Waals surface area contributed by atoms with Gasteiger partial charge in [0.25, 0.3) is 5.91 Å². The summed E-state index contributed by atoms with van der Waals surface area (Å²) >= 11 is 11.9. The normalized spacial score (nSPS) is 14.9. The molecule has 122 valence electrons. The van der Waals surface area contributed by atoms with Crippen molar-refractivity contribution in [3.63, 3.8) is 0 Å². The van der Waals surface area contributed by atoms with Gasteiger partial charge in [-0.1, -0.05) is 42.1 Å². The first-order valence-corrected chi connectivity index (χ1v) is 8.31. The number of benzene rings is 1. The molecule has 0 radical (unpaired) electrons. The van der Waals surface area contributed by atoms with E-state index in [1.165, 1.54) is 12.8 Å². The van der Waals surface area contributed by atoms with Gasteiger partial charge in [-0.25, -0.2) is 4.68 Å². The van der Waals surface area contributed by atoms with Crippen LogP contribution in [0.5, 0.6) is 5.75 Å². The molecule has 1 heterocycles. The summed E-state index contributed by atoms with van der Waals surface area (Å²) in [5.41, 5.74) is 0. The fourth-order valence-electron chi connectivity index (χ4n) is 2.77.